The molecule has 162 valence electrons. The van der Waals surface area contributed by atoms with E-state index in [1.165, 1.54) is 25.3 Å². The number of benzene rings is 1. The van der Waals surface area contributed by atoms with Crippen molar-refractivity contribution in [1.29, 1.82) is 0 Å². The minimum atomic E-state index is -3.92. The average Bonchev–Trinajstić information content (AvgIpc) is 2.71. The Balaban J connectivity index is 1.78. The first-order valence-corrected chi connectivity index (χ1v) is 11.3. The first-order valence-electron chi connectivity index (χ1n) is 9.70. The first kappa shape index (κ1) is 22.0. The van der Waals surface area contributed by atoms with Crippen molar-refractivity contribution in [3.8, 4) is 5.75 Å². The highest BCUT2D eigenvalue weighted by Gasteiger charge is 2.26. The summed E-state index contributed by atoms with van der Waals surface area (Å²) in [4.78, 5) is 25.9. The van der Waals surface area contributed by atoms with Crippen LogP contribution >= 0.6 is 0 Å². The normalized spacial score (nSPS) is 14.9. The molecule has 30 heavy (non-hydrogen) atoms. The molecule has 0 bridgehead atoms. The number of aryl methyl sites for hydroxylation is 1. The van der Waals surface area contributed by atoms with Gasteiger partial charge in [-0.3, -0.25) is 4.79 Å². The van der Waals surface area contributed by atoms with Gasteiger partial charge in [-0.15, -0.1) is 0 Å². The summed E-state index contributed by atoms with van der Waals surface area (Å²) in [7, 11) is -2.49. The zero-order chi connectivity index (χ0) is 22.1. The third-order valence-corrected chi connectivity index (χ3v) is 5.91. The smallest absolute Gasteiger partial charge is 0.257 e. The Hall–Kier alpha value is -2.72. The molecule has 2 N–H and O–H groups in total. The third-order valence-electron chi connectivity index (χ3n) is 5.00. The molecule has 10 heteroatoms. The van der Waals surface area contributed by atoms with Crippen LogP contribution < -0.4 is 14.8 Å². The van der Waals surface area contributed by atoms with E-state index in [4.69, 9.17) is 9.88 Å². The van der Waals surface area contributed by atoms with Crippen molar-refractivity contribution in [3.63, 3.8) is 0 Å². The predicted molar refractivity (Wildman–Crippen MR) is 113 cm³/mol. The van der Waals surface area contributed by atoms with Gasteiger partial charge in [-0.25, -0.2) is 23.5 Å². The van der Waals surface area contributed by atoms with Crippen LogP contribution in [0.4, 0.5) is 5.82 Å². The highest BCUT2D eigenvalue weighted by Crippen LogP contribution is 2.25. The number of sulfonamides is 1. The van der Waals surface area contributed by atoms with E-state index >= 15 is 0 Å². The number of nitrogens with zero attached hydrogens (tertiary/aromatic N) is 4. The van der Waals surface area contributed by atoms with Crippen molar-refractivity contribution >= 4 is 21.7 Å². The van der Waals surface area contributed by atoms with Crippen LogP contribution in [0.5, 0.6) is 5.75 Å². The number of nitrogens with two attached hydrogens (primary N) is 1. The Morgan fingerprint density at radius 2 is 1.80 bits per heavy atom. The number of carbonyl (C=O) groups excluding carboxylic acids is 1. The van der Waals surface area contributed by atoms with Crippen molar-refractivity contribution in [2.75, 3.05) is 38.2 Å². The fourth-order valence-electron chi connectivity index (χ4n) is 3.33. The van der Waals surface area contributed by atoms with E-state index in [1.807, 2.05) is 13.0 Å². The third kappa shape index (κ3) is 4.71. The molecule has 0 radical (unpaired) electrons. The zero-order valence-electron chi connectivity index (χ0n) is 17.6. The van der Waals surface area contributed by atoms with E-state index in [0.717, 1.165) is 17.3 Å². The Labute approximate surface area is 176 Å². The SMILES string of the molecule is COc1ccc(S(N)(=O)=O)cc1C(=O)N1CCN(c2cc(C)nc(C(C)C)n2)CC1. The molecule has 3 rings (SSSR count). The van der Waals surface area contributed by atoms with Gasteiger partial charge in [0.1, 0.15) is 17.4 Å². The molecule has 1 saturated heterocycles. The number of primary sulfonamides is 1. The molecule has 1 aliphatic heterocycles. The van der Waals surface area contributed by atoms with Gasteiger partial charge in [0.15, 0.2) is 0 Å². The molecular formula is C20H27N5O4S. The summed E-state index contributed by atoms with van der Waals surface area (Å²) in [6.07, 6.45) is 0. The lowest BCUT2D eigenvalue weighted by Gasteiger charge is -2.36. The Morgan fingerprint density at radius 3 is 2.37 bits per heavy atom. The van der Waals surface area contributed by atoms with Crippen LogP contribution in [0.2, 0.25) is 0 Å². The van der Waals surface area contributed by atoms with Crippen LogP contribution in [-0.2, 0) is 10.0 Å². The van der Waals surface area contributed by atoms with Crippen molar-refractivity contribution < 1.29 is 17.9 Å². The molecule has 9 nitrogen and oxygen atoms in total. The van der Waals surface area contributed by atoms with Crippen LogP contribution in [0.1, 0.15) is 41.6 Å². The number of anilines is 1. The van der Waals surface area contributed by atoms with E-state index in [-0.39, 0.29) is 22.3 Å². The highest BCUT2D eigenvalue weighted by atomic mass is 32.2. The van der Waals surface area contributed by atoms with Gasteiger partial charge in [0.05, 0.1) is 17.6 Å². The molecule has 2 heterocycles. The summed E-state index contributed by atoms with van der Waals surface area (Å²) in [6.45, 7) is 8.22. The zero-order valence-corrected chi connectivity index (χ0v) is 18.4. The van der Waals surface area contributed by atoms with Gasteiger partial charge in [-0.05, 0) is 25.1 Å². The Kier molecular flexibility index (Phi) is 6.27. The molecule has 0 atom stereocenters. The molecule has 0 aliphatic carbocycles. The Bertz CT molecular complexity index is 1050. The molecule has 1 aromatic carbocycles. The van der Waals surface area contributed by atoms with Gasteiger partial charge in [0, 0.05) is 43.9 Å². The molecular weight excluding hydrogens is 406 g/mol. The molecule has 1 amide bonds. The second kappa shape index (κ2) is 8.57. The Morgan fingerprint density at radius 1 is 1.13 bits per heavy atom. The number of amides is 1. The fourth-order valence-corrected chi connectivity index (χ4v) is 3.87. The van der Waals surface area contributed by atoms with E-state index < -0.39 is 10.0 Å². The maximum absolute atomic E-state index is 13.1. The van der Waals surface area contributed by atoms with Gasteiger partial charge in [0.2, 0.25) is 10.0 Å². The van der Waals surface area contributed by atoms with Gasteiger partial charge in [-0.1, -0.05) is 13.8 Å². The van der Waals surface area contributed by atoms with Crippen molar-refractivity contribution in [2.45, 2.75) is 31.6 Å². The fraction of sp³-hybridized carbons (Fsp3) is 0.450. The van der Waals surface area contributed by atoms with Gasteiger partial charge >= 0.3 is 0 Å². The van der Waals surface area contributed by atoms with E-state index in [1.54, 1.807) is 4.90 Å². The molecule has 1 aliphatic rings. The van der Waals surface area contributed by atoms with Crippen LogP contribution in [0.15, 0.2) is 29.2 Å². The minimum absolute atomic E-state index is 0.122. The second-order valence-electron chi connectivity index (χ2n) is 7.57. The van der Waals surface area contributed by atoms with Crippen molar-refractivity contribution in [2.24, 2.45) is 5.14 Å². The standard InChI is InChI=1S/C20H27N5O4S/c1-13(2)19-22-14(3)11-18(23-19)24-7-9-25(10-8-24)20(26)16-12-15(30(21,27)28)5-6-17(16)29-4/h5-6,11-13H,7-10H2,1-4H3,(H2,21,27,28). The highest BCUT2D eigenvalue weighted by molar-refractivity contribution is 7.89. The number of hydrogen-bond donors (Lipinski definition) is 1. The van der Waals surface area contributed by atoms with E-state index in [9.17, 15) is 13.2 Å². The predicted octanol–water partition coefficient (Wildman–Crippen LogP) is 1.53. The number of rotatable bonds is 5. The molecule has 1 aromatic heterocycles. The average molecular weight is 434 g/mol. The largest absolute Gasteiger partial charge is 0.496 e. The van der Waals surface area contributed by atoms with Gasteiger partial charge < -0.3 is 14.5 Å². The van der Waals surface area contributed by atoms with E-state index in [0.29, 0.717) is 31.9 Å². The second-order valence-corrected chi connectivity index (χ2v) is 9.13. The van der Waals surface area contributed by atoms with Crippen LogP contribution in [0.3, 0.4) is 0 Å². The first-order chi connectivity index (χ1) is 14.1. The summed E-state index contributed by atoms with van der Waals surface area (Å²) in [5, 5.41) is 5.21. The molecule has 0 saturated carbocycles. The molecule has 2 aromatic rings. The number of ether oxygens (including phenoxy) is 1. The maximum Gasteiger partial charge on any atom is 0.257 e. The summed E-state index contributed by atoms with van der Waals surface area (Å²) in [5.74, 6) is 1.90. The lowest BCUT2D eigenvalue weighted by Crippen LogP contribution is -2.49. The van der Waals surface area contributed by atoms with Crippen LogP contribution in [0, 0.1) is 6.92 Å². The van der Waals surface area contributed by atoms with Gasteiger partial charge in [-0.2, -0.15) is 0 Å². The minimum Gasteiger partial charge on any atom is -0.496 e. The number of methoxy groups -OCH3 is 1. The van der Waals surface area contributed by atoms with Crippen LogP contribution in [0.25, 0.3) is 0 Å². The lowest BCUT2D eigenvalue weighted by atomic mass is 10.1. The quantitative estimate of drug-likeness (QED) is 0.759. The summed E-state index contributed by atoms with van der Waals surface area (Å²) < 4.78 is 28.6. The number of piperazine rings is 1. The maximum atomic E-state index is 13.1. The molecule has 1 fully saturated rings. The number of hydrogen-bond acceptors (Lipinski definition) is 7. The molecule has 0 spiro atoms. The van der Waals surface area contributed by atoms with Gasteiger partial charge in [0.25, 0.3) is 5.91 Å². The summed E-state index contributed by atoms with van der Waals surface area (Å²) in [6, 6.07) is 5.99. The van der Waals surface area contributed by atoms with Crippen molar-refractivity contribution in [3.05, 3.63) is 41.3 Å². The summed E-state index contributed by atoms with van der Waals surface area (Å²) in [5.41, 5.74) is 1.09. The molecule has 0 unspecified atom stereocenters. The van der Waals surface area contributed by atoms with Crippen LogP contribution in [-0.4, -0.2) is 62.5 Å². The number of carbonyl (C=O) groups is 1. The number of aromatic nitrogens is 2. The summed E-state index contributed by atoms with van der Waals surface area (Å²) >= 11 is 0. The lowest BCUT2D eigenvalue weighted by molar-refractivity contribution is 0.0743. The van der Waals surface area contributed by atoms with Crippen molar-refractivity contribution in [1.82, 2.24) is 14.9 Å². The topological polar surface area (TPSA) is 119 Å². The monoisotopic (exact) mass is 433 g/mol. The van der Waals surface area contributed by atoms with E-state index in [2.05, 4.69) is 28.7 Å².